The molecule has 1 aromatic heterocycles. The quantitative estimate of drug-likeness (QED) is 0.624. The third-order valence-corrected chi connectivity index (χ3v) is 3.66. The van der Waals surface area contributed by atoms with E-state index in [4.69, 9.17) is 51.5 Å². The van der Waals surface area contributed by atoms with Crippen LogP contribution in [0.15, 0.2) is 24.5 Å². The van der Waals surface area contributed by atoms with E-state index in [1.165, 1.54) is 17.2 Å². The summed E-state index contributed by atoms with van der Waals surface area (Å²) in [7, 11) is 0. The zero-order valence-electron chi connectivity index (χ0n) is 10.2. The van der Waals surface area contributed by atoms with Crippen molar-refractivity contribution < 1.29 is 5.11 Å². The van der Waals surface area contributed by atoms with Gasteiger partial charge >= 0.3 is 0 Å². The van der Waals surface area contributed by atoms with Gasteiger partial charge in [0.2, 0.25) is 0 Å². The number of phenolic OH excluding ortho intramolecular Hbond substituents is 1. The molecule has 0 aliphatic carbocycles. The lowest BCUT2D eigenvalue weighted by Gasteiger charge is -2.02. The molecular formula is C13H11Cl4NO. The highest BCUT2D eigenvalue weighted by Crippen LogP contribution is 2.41. The number of nitrogens with zero attached hydrogens (tertiary/aromatic N) is 1. The lowest BCUT2D eigenvalue weighted by Crippen LogP contribution is -1.76. The van der Waals surface area contributed by atoms with Crippen molar-refractivity contribution in [3.8, 4) is 5.75 Å². The van der Waals surface area contributed by atoms with Gasteiger partial charge < -0.3 is 5.11 Å². The minimum Gasteiger partial charge on any atom is -0.505 e. The molecule has 0 amide bonds. The van der Waals surface area contributed by atoms with Gasteiger partial charge in [0, 0.05) is 12.4 Å². The molecule has 1 aromatic carbocycles. The van der Waals surface area contributed by atoms with Crippen LogP contribution >= 0.6 is 46.4 Å². The maximum absolute atomic E-state index is 9.14. The predicted octanol–water partition coefficient (Wildman–Crippen LogP) is 5.70. The van der Waals surface area contributed by atoms with Crippen molar-refractivity contribution in [1.82, 2.24) is 4.98 Å². The van der Waals surface area contributed by atoms with E-state index in [1.54, 1.807) is 0 Å². The van der Waals surface area contributed by atoms with E-state index in [0.29, 0.717) is 0 Å². The monoisotopic (exact) mass is 337 g/mol. The van der Waals surface area contributed by atoms with Crippen molar-refractivity contribution in [2.45, 2.75) is 13.8 Å². The third kappa shape index (κ3) is 4.73. The number of aryl methyl sites for hydroxylation is 2. The standard InChI is InChI=1S/C7H9N.C6H2Cl4O/c1-6-3-7(2)5-8-4-6;7-2-1-3(8)5(10)6(11)4(2)9/h3-5H,1-2H3;1,11H. The highest BCUT2D eigenvalue weighted by atomic mass is 35.5. The van der Waals surface area contributed by atoms with Gasteiger partial charge in [-0.15, -0.1) is 0 Å². The van der Waals surface area contributed by atoms with Crippen LogP contribution in [0.2, 0.25) is 20.1 Å². The minimum atomic E-state index is -0.286. The molecule has 0 saturated carbocycles. The maximum atomic E-state index is 9.14. The largest absolute Gasteiger partial charge is 0.505 e. The van der Waals surface area contributed by atoms with Gasteiger partial charge in [-0.25, -0.2) is 0 Å². The van der Waals surface area contributed by atoms with Crippen LogP contribution in [0.5, 0.6) is 5.75 Å². The minimum absolute atomic E-state index is 0.0149. The number of aromatic hydroxyl groups is 1. The SMILES string of the molecule is Cc1cncc(C)c1.Oc1c(Cl)c(Cl)cc(Cl)c1Cl. The van der Waals surface area contributed by atoms with Crippen molar-refractivity contribution in [3.05, 3.63) is 55.7 Å². The van der Waals surface area contributed by atoms with Gasteiger partial charge in [-0.1, -0.05) is 52.5 Å². The normalized spacial score (nSPS) is 9.79. The smallest absolute Gasteiger partial charge is 0.155 e. The van der Waals surface area contributed by atoms with Gasteiger partial charge in [-0.05, 0) is 31.0 Å². The Kier molecular flexibility index (Phi) is 6.21. The summed E-state index contributed by atoms with van der Waals surface area (Å²) in [6, 6.07) is 3.47. The molecule has 1 heterocycles. The number of phenols is 1. The molecule has 0 saturated heterocycles. The number of halogens is 4. The summed E-state index contributed by atoms with van der Waals surface area (Å²) in [5.41, 5.74) is 2.45. The van der Waals surface area contributed by atoms with E-state index in [-0.39, 0.29) is 25.8 Å². The Morgan fingerprint density at radius 3 is 1.58 bits per heavy atom. The number of hydrogen-bond acceptors (Lipinski definition) is 2. The number of hydrogen-bond donors (Lipinski definition) is 1. The van der Waals surface area contributed by atoms with E-state index < -0.39 is 0 Å². The van der Waals surface area contributed by atoms with Crippen LogP contribution in [-0.4, -0.2) is 10.1 Å². The first-order valence-corrected chi connectivity index (χ1v) is 6.74. The number of rotatable bonds is 0. The summed E-state index contributed by atoms with van der Waals surface area (Å²) >= 11 is 22.2. The molecule has 2 aromatic rings. The van der Waals surface area contributed by atoms with E-state index in [1.807, 2.05) is 26.2 Å². The van der Waals surface area contributed by atoms with Crippen LogP contribution in [0.3, 0.4) is 0 Å². The van der Waals surface area contributed by atoms with Crippen molar-refractivity contribution in [2.24, 2.45) is 0 Å². The van der Waals surface area contributed by atoms with Gasteiger partial charge in [0.25, 0.3) is 0 Å². The predicted molar refractivity (Wildman–Crippen MR) is 81.9 cm³/mol. The summed E-state index contributed by atoms with van der Waals surface area (Å²) < 4.78 is 0. The summed E-state index contributed by atoms with van der Waals surface area (Å²) in [5.74, 6) is -0.286. The Bertz CT molecular complexity index is 544. The van der Waals surface area contributed by atoms with Crippen LogP contribution in [-0.2, 0) is 0 Å². The molecule has 19 heavy (non-hydrogen) atoms. The molecule has 0 atom stereocenters. The van der Waals surface area contributed by atoms with E-state index in [9.17, 15) is 0 Å². The van der Waals surface area contributed by atoms with Gasteiger partial charge in [-0.2, -0.15) is 0 Å². The van der Waals surface area contributed by atoms with Crippen molar-refractivity contribution in [3.63, 3.8) is 0 Å². The van der Waals surface area contributed by atoms with Gasteiger partial charge in [0.1, 0.15) is 10.0 Å². The summed E-state index contributed by atoms with van der Waals surface area (Å²) in [4.78, 5) is 3.98. The molecule has 2 rings (SSSR count). The lowest BCUT2D eigenvalue weighted by molar-refractivity contribution is 0.476. The van der Waals surface area contributed by atoms with E-state index in [0.717, 1.165) is 0 Å². The van der Waals surface area contributed by atoms with Gasteiger partial charge in [0.15, 0.2) is 5.75 Å². The molecule has 0 unspecified atom stereocenters. The molecule has 2 nitrogen and oxygen atoms in total. The molecule has 102 valence electrons. The van der Waals surface area contributed by atoms with Gasteiger partial charge in [0.05, 0.1) is 10.0 Å². The number of benzene rings is 1. The van der Waals surface area contributed by atoms with Crippen LogP contribution < -0.4 is 0 Å². The van der Waals surface area contributed by atoms with Crippen molar-refractivity contribution in [2.75, 3.05) is 0 Å². The summed E-state index contributed by atoms with van der Waals surface area (Å²) in [5, 5.41) is 9.52. The Hall–Kier alpha value is -0.670. The first-order valence-electron chi connectivity index (χ1n) is 5.23. The second-order valence-electron chi connectivity index (χ2n) is 3.86. The average molecular weight is 339 g/mol. The van der Waals surface area contributed by atoms with E-state index in [2.05, 4.69) is 11.1 Å². The molecular weight excluding hydrogens is 328 g/mol. The second-order valence-corrected chi connectivity index (χ2v) is 5.43. The zero-order valence-corrected chi connectivity index (χ0v) is 13.2. The molecule has 6 heteroatoms. The third-order valence-electron chi connectivity index (χ3n) is 2.10. The number of pyridine rings is 1. The Morgan fingerprint density at radius 1 is 0.842 bits per heavy atom. The molecule has 0 bridgehead atoms. The van der Waals surface area contributed by atoms with Crippen molar-refractivity contribution >= 4 is 46.4 Å². The Labute approximate surface area is 131 Å². The van der Waals surface area contributed by atoms with Crippen LogP contribution in [0.25, 0.3) is 0 Å². The fourth-order valence-corrected chi connectivity index (χ4v) is 2.07. The zero-order chi connectivity index (χ0) is 14.6. The topological polar surface area (TPSA) is 33.1 Å². The fourth-order valence-electron chi connectivity index (χ4n) is 1.27. The Balaban J connectivity index is 0.000000200. The van der Waals surface area contributed by atoms with Crippen LogP contribution in [0.1, 0.15) is 11.1 Å². The highest BCUT2D eigenvalue weighted by Gasteiger charge is 2.11. The van der Waals surface area contributed by atoms with Crippen LogP contribution in [0.4, 0.5) is 0 Å². The lowest BCUT2D eigenvalue weighted by atomic mass is 10.2. The molecule has 0 fully saturated rings. The second kappa shape index (κ2) is 7.20. The maximum Gasteiger partial charge on any atom is 0.155 e. The highest BCUT2D eigenvalue weighted by molar-refractivity contribution is 6.48. The fraction of sp³-hybridized carbons (Fsp3) is 0.154. The van der Waals surface area contributed by atoms with Gasteiger partial charge in [-0.3, -0.25) is 4.98 Å². The molecule has 1 N–H and O–H groups in total. The summed E-state index contributed by atoms with van der Waals surface area (Å²) in [6.07, 6.45) is 3.71. The molecule has 0 aliphatic rings. The first kappa shape index (κ1) is 16.4. The van der Waals surface area contributed by atoms with Crippen LogP contribution in [0, 0.1) is 13.8 Å². The molecule has 0 aliphatic heterocycles. The average Bonchev–Trinajstić information content (AvgIpc) is 2.34. The number of aromatic nitrogens is 1. The van der Waals surface area contributed by atoms with Crippen molar-refractivity contribution in [1.29, 1.82) is 0 Å². The first-order chi connectivity index (χ1) is 8.82. The van der Waals surface area contributed by atoms with E-state index >= 15 is 0 Å². The molecule has 0 radical (unpaired) electrons. The molecule has 0 spiro atoms. The summed E-state index contributed by atoms with van der Waals surface area (Å²) in [6.45, 7) is 4.08. The Morgan fingerprint density at radius 2 is 1.26 bits per heavy atom.